The molecule has 0 aliphatic rings. The van der Waals surface area contributed by atoms with Crippen LogP contribution in [0.25, 0.3) is 0 Å². The molecule has 0 aromatic heterocycles. The summed E-state index contributed by atoms with van der Waals surface area (Å²) in [6.45, 7) is 3.73. The summed E-state index contributed by atoms with van der Waals surface area (Å²) in [6.07, 6.45) is 1.86. The van der Waals surface area contributed by atoms with Crippen molar-refractivity contribution in [3.05, 3.63) is 35.9 Å². The third-order valence-corrected chi connectivity index (χ3v) is 2.50. The van der Waals surface area contributed by atoms with Crippen LogP contribution in [0.1, 0.15) is 18.9 Å². The van der Waals surface area contributed by atoms with Gasteiger partial charge < -0.3 is 9.84 Å². The Balaban J connectivity index is 2.33. The lowest BCUT2D eigenvalue weighted by molar-refractivity contribution is 0.115. The summed E-state index contributed by atoms with van der Waals surface area (Å²) in [5.41, 5.74) is 1.29. The average molecular weight is 208 g/mol. The van der Waals surface area contributed by atoms with Crippen LogP contribution in [-0.4, -0.2) is 24.9 Å². The van der Waals surface area contributed by atoms with E-state index in [1.807, 2.05) is 25.1 Å². The van der Waals surface area contributed by atoms with Gasteiger partial charge in [-0.05, 0) is 31.2 Å². The number of aliphatic hydroxyl groups is 1. The van der Waals surface area contributed by atoms with Crippen molar-refractivity contribution in [3.63, 3.8) is 0 Å². The molecule has 0 aliphatic carbocycles. The van der Waals surface area contributed by atoms with Crippen LogP contribution in [-0.2, 0) is 11.2 Å². The zero-order valence-electron chi connectivity index (χ0n) is 9.36. The van der Waals surface area contributed by atoms with Gasteiger partial charge in [-0.1, -0.05) is 30.3 Å². The normalized spacial score (nSPS) is 12.7. The minimum absolute atomic E-state index is 0.238. The van der Waals surface area contributed by atoms with Gasteiger partial charge in [0, 0.05) is 19.8 Å². The van der Waals surface area contributed by atoms with Gasteiger partial charge in [0.25, 0.3) is 0 Å². The zero-order chi connectivity index (χ0) is 10.9. The van der Waals surface area contributed by atoms with E-state index in [0.29, 0.717) is 5.92 Å². The minimum Gasteiger partial charge on any atom is -0.396 e. The molecule has 2 heteroatoms. The van der Waals surface area contributed by atoms with E-state index >= 15 is 0 Å². The summed E-state index contributed by atoms with van der Waals surface area (Å²) < 4.78 is 5.29. The van der Waals surface area contributed by atoms with E-state index in [1.54, 1.807) is 0 Å². The molecule has 0 spiro atoms. The molecule has 1 unspecified atom stereocenters. The van der Waals surface area contributed by atoms with Gasteiger partial charge in [0.2, 0.25) is 0 Å². The van der Waals surface area contributed by atoms with Gasteiger partial charge in [0.15, 0.2) is 0 Å². The lowest BCUT2D eigenvalue weighted by Crippen LogP contribution is -2.12. The van der Waals surface area contributed by atoms with Crippen molar-refractivity contribution in [3.8, 4) is 0 Å². The standard InChI is InChI=1S/C13H20O2/c1-2-15-9-8-13(11-14)10-12-6-4-3-5-7-12/h3-7,13-14H,2,8-11H2,1H3. The fraction of sp³-hybridized carbons (Fsp3) is 0.538. The second-order valence-corrected chi connectivity index (χ2v) is 3.72. The van der Waals surface area contributed by atoms with Gasteiger partial charge in [-0.15, -0.1) is 0 Å². The molecule has 0 aliphatic heterocycles. The van der Waals surface area contributed by atoms with Crippen molar-refractivity contribution in [2.24, 2.45) is 5.92 Å². The van der Waals surface area contributed by atoms with E-state index in [4.69, 9.17) is 4.74 Å². The van der Waals surface area contributed by atoms with E-state index in [-0.39, 0.29) is 6.61 Å². The number of hydrogen-bond acceptors (Lipinski definition) is 2. The quantitative estimate of drug-likeness (QED) is 0.696. The molecule has 0 fully saturated rings. The third kappa shape index (κ3) is 4.96. The highest BCUT2D eigenvalue weighted by molar-refractivity contribution is 5.15. The second kappa shape index (κ2) is 7.43. The number of benzene rings is 1. The zero-order valence-corrected chi connectivity index (χ0v) is 9.36. The molecule has 1 atom stereocenters. The number of rotatable bonds is 7. The van der Waals surface area contributed by atoms with E-state index in [2.05, 4.69) is 12.1 Å². The van der Waals surface area contributed by atoms with Crippen molar-refractivity contribution in [1.82, 2.24) is 0 Å². The lowest BCUT2D eigenvalue weighted by atomic mass is 9.97. The predicted octanol–water partition coefficient (Wildman–Crippen LogP) is 2.26. The third-order valence-electron chi connectivity index (χ3n) is 2.50. The topological polar surface area (TPSA) is 29.5 Å². The molecule has 1 aromatic carbocycles. The van der Waals surface area contributed by atoms with Gasteiger partial charge in [-0.2, -0.15) is 0 Å². The summed E-state index contributed by atoms with van der Waals surface area (Å²) in [7, 11) is 0. The van der Waals surface area contributed by atoms with Gasteiger partial charge in [0.05, 0.1) is 0 Å². The van der Waals surface area contributed by atoms with Crippen molar-refractivity contribution in [2.45, 2.75) is 19.8 Å². The molecule has 1 aromatic rings. The molecule has 1 rings (SSSR count). The van der Waals surface area contributed by atoms with Gasteiger partial charge in [-0.25, -0.2) is 0 Å². The Bertz CT molecular complexity index is 246. The van der Waals surface area contributed by atoms with E-state index in [1.165, 1.54) is 5.56 Å². The molecule has 84 valence electrons. The number of aliphatic hydroxyl groups excluding tert-OH is 1. The highest BCUT2D eigenvalue weighted by atomic mass is 16.5. The van der Waals surface area contributed by atoms with Gasteiger partial charge in [0.1, 0.15) is 0 Å². The molecule has 2 nitrogen and oxygen atoms in total. The molecule has 1 N–H and O–H groups in total. The fourth-order valence-corrected chi connectivity index (χ4v) is 1.60. The summed E-state index contributed by atoms with van der Waals surface area (Å²) in [5, 5.41) is 9.23. The first-order valence-corrected chi connectivity index (χ1v) is 5.59. The van der Waals surface area contributed by atoms with Crippen LogP contribution in [0.2, 0.25) is 0 Å². The minimum atomic E-state index is 0.238. The first kappa shape index (κ1) is 12.2. The SMILES string of the molecule is CCOCCC(CO)Cc1ccccc1. The molecule has 0 saturated carbocycles. The second-order valence-electron chi connectivity index (χ2n) is 3.72. The summed E-state index contributed by atoms with van der Waals surface area (Å²) in [5.74, 6) is 0.318. The van der Waals surface area contributed by atoms with Crippen LogP contribution in [0.15, 0.2) is 30.3 Å². The fourth-order valence-electron chi connectivity index (χ4n) is 1.60. The van der Waals surface area contributed by atoms with Crippen LogP contribution in [0.3, 0.4) is 0 Å². The highest BCUT2D eigenvalue weighted by Crippen LogP contribution is 2.11. The maximum Gasteiger partial charge on any atom is 0.0469 e. The van der Waals surface area contributed by atoms with E-state index in [9.17, 15) is 5.11 Å². The van der Waals surface area contributed by atoms with Crippen LogP contribution in [0.4, 0.5) is 0 Å². The van der Waals surface area contributed by atoms with Crippen LogP contribution >= 0.6 is 0 Å². The van der Waals surface area contributed by atoms with Crippen LogP contribution in [0.5, 0.6) is 0 Å². The highest BCUT2D eigenvalue weighted by Gasteiger charge is 2.07. The molecule has 15 heavy (non-hydrogen) atoms. The Labute approximate surface area is 91.9 Å². The maximum absolute atomic E-state index is 9.23. The van der Waals surface area contributed by atoms with Gasteiger partial charge in [-0.3, -0.25) is 0 Å². The van der Waals surface area contributed by atoms with Crippen LogP contribution in [0, 0.1) is 5.92 Å². The Morgan fingerprint density at radius 3 is 2.60 bits per heavy atom. The Kier molecular flexibility index (Phi) is 6.05. The maximum atomic E-state index is 9.23. The molecule has 0 heterocycles. The molecule has 0 radical (unpaired) electrons. The Hall–Kier alpha value is -0.860. The summed E-state index contributed by atoms with van der Waals surface area (Å²) >= 11 is 0. The summed E-state index contributed by atoms with van der Waals surface area (Å²) in [4.78, 5) is 0. The molecular weight excluding hydrogens is 188 g/mol. The summed E-state index contributed by atoms with van der Waals surface area (Å²) in [6, 6.07) is 10.3. The van der Waals surface area contributed by atoms with Crippen LogP contribution < -0.4 is 0 Å². The molecular formula is C13H20O2. The van der Waals surface area contributed by atoms with Crippen molar-refractivity contribution < 1.29 is 9.84 Å². The van der Waals surface area contributed by atoms with E-state index in [0.717, 1.165) is 26.1 Å². The number of ether oxygens (including phenoxy) is 1. The van der Waals surface area contributed by atoms with Crippen molar-refractivity contribution in [2.75, 3.05) is 19.8 Å². The first-order chi connectivity index (χ1) is 7.36. The monoisotopic (exact) mass is 208 g/mol. The molecule has 0 bridgehead atoms. The largest absolute Gasteiger partial charge is 0.396 e. The molecule has 0 saturated heterocycles. The van der Waals surface area contributed by atoms with Crippen molar-refractivity contribution >= 4 is 0 Å². The first-order valence-electron chi connectivity index (χ1n) is 5.59. The van der Waals surface area contributed by atoms with E-state index < -0.39 is 0 Å². The smallest absolute Gasteiger partial charge is 0.0469 e. The predicted molar refractivity (Wildman–Crippen MR) is 61.8 cm³/mol. The Morgan fingerprint density at radius 2 is 2.00 bits per heavy atom. The molecule has 0 amide bonds. The van der Waals surface area contributed by atoms with Crippen molar-refractivity contribution in [1.29, 1.82) is 0 Å². The number of hydrogen-bond donors (Lipinski definition) is 1. The Morgan fingerprint density at radius 1 is 1.27 bits per heavy atom. The van der Waals surface area contributed by atoms with Gasteiger partial charge >= 0.3 is 0 Å². The lowest BCUT2D eigenvalue weighted by Gasteiger charge is -2.13. The average Bonchev–Trinajstić information content (AvgIpc) is 2.29.